The van der Waals surface area contributed by atoms with E-state index in [0.29, 0.717) is 0 Å². The van der Waals surface area contributed by atoms with E-state index in [1.54, 1.807) is 18.2 Å². The van der Waals surface area contributed by atoms with Crippen molar-refractivity contribution < 1.29 is 2.74 Å². The number of hydrogen-bond acceptors (Lipinski definition) is 0. The molecular weight excluding hydrogens is 168 g/mol. The van der Waals surface area contributed by atoms with Crippen molar-refractivity contribution in [1.29, 1.82) is 0 Å². The highest BCUT2D eigenvalue weighted by molar-refractivity contribution is 5.49. The fourth-order valence-electron chi connectivity index (χ4n) is 1.32. The fourth-order valence-corrected chi connectivity index (χ4v) is 1.32. The highest BCUT2D eigenvalue weighted by Gasteiger charge is 1.98. The van der Waals surface area contributed by atoms with Crippen molar-refractivity contribution in [1.82, 2.24) is 0 Å². The average molecular weight is 184 g/mol. The van der Waals surface area contributed by atoms with Crippen molar-refractivity contribution in [2.24, 2.45) is 5.89 Å². The second-order valence-corrected chi connectivity index (χ2v) is 3.15. The van der Waals surface area contributed by atoms with Crippen LogP contribution in [-0.2, 0) is 0 Å². The van der Waals surface area contributed by atoms with Gasteiger partial charge in [-0.15, -0.1) is 0 Å². The zero-order valence-electron chi connectivity index (χ0n) is 9.93. The predicted octanol–water partition coefficient (Wildman–Crippen LogP) is 3.83. The van der Waals surface area contributed by atoms with Crippen molar-refractivity contribution in [3.05, 3.63) is 66.3 Å². The summed E-state index contributed by atoms with van der Waals surface area (Å²) in [5, 5.41) is 0. The SMILES string of the molecule is [2H]C1C=CC=CC1([2H])C=Cc1ccccc1. The zero-order chi connectivity index (χ0) is 11.4. The van der Waals surface area contributed by atoms with Gasteiger partial charge in [0.2, 0.25) is 0 Å². The minimum absolute atomic E-state index is 0.530. The van der Waals surface area contributed by atoms with Crippen LogP contribution in [0.2, 0.25) is 0 Å². The Kier molecular flexibility index (Phi) is 2.25. The normalized spacial score (nSPS) is 33.0. The lowest BCUT2D eigenvalue weighted by atomic mass is 9.99. The van der Waals surface area contributed by atoms with Crippen molar-refractivity contribution in [3.63, 3.8) is 0 Å². The van der Waals surface area contributed by atoms with Crippen LogP contribution >= 0.6 is 0 Å². The number of allylic oxidation sites excluding steroid dienone is 5. The van der Waals surface area contributed by atoms with E-state index in [4.69, 9.17) is 2.74 Å². The molecule has 1 aliphatic carbocycles. The van der Waals surface area contributed by atoms with E-state index in [0.717, 1.165) is 5.56 Å². The summed E-state index contributed by atoms with van der Waals surface area (Å²) in [6.45, 7) is 0. The van der Waals surface area contributed by atoms with Gasteiger partial charge in [0.15, 0.2) is 0 Å². The second-order valence-electron chi connectivity index (χ2n) is 3.15. The molecular formula is C14H14. The molecule has 2 unspecified atom stereocenters. The smallest absolute Gasteiger partial charge is 0.0393 e. The third-order valence-corrected chi connectivity index (χ3v) is 2.07. The molecule has 1 aliphatic rings. The van der Waals surface area contributed by atoms with Gasteiger partial charge in [0, 0.05) is 2.74 Å². The molecule has 0 bridgehead atoms. The van der Waals surface area contributed by atoms with Crippen molar-refractivity contribution >= 4 is 6.08 Å². The summed E-state index contributed by atoms with van der Waals surface area (Å²) in [7, 11) is 0. The summed E-state index contributed by atoms with van der Waals surface area (Å²) in [4.78, 5) is 0. The van der Waals surface area contributed by atoms with Gasteiger partial charge >= 0.3 is 0 Å². The Labute approximate surface area is 88.1 Å². The molecule has 0 heteroatoms. The van der Waals surface area contributed by atoms with Gasteiger partial charge in [0.05, 0.1) is 0 Å². The van der Waals surface area contributed by atoms with E-state index in [2.05, 4.69) is 0 Å². The van der Waals surface area contributed by atoms with Crippen LogP contribution < -0.4 is 0 Å². The molecule has 0 heterocycles. The summed E-state index contributed by atoms with van der Waals surface area (Å²) >= 11 is 0. The summed E-state index contributed by atoms with van der Waals surface area (Å²) in [6, 6.07) is 9.86. The first-order chi connectivity index (χ1) is 7.71. The average Bonchev–Trinajstić information content (AvgIpc) is 2.32. The first-order valence-electron chi connectivity index (χ1n) is 5.81. The summed E-state index contributed by atoms with van der Waals surface area (Å²) in [6.07, 6.45) is 10.3. The van der Waals surface area contributed by atoms with Gasteiger partial charge in [-0.1, -0.05) is 66.8 Å². The Bertz CT molecular complexity index is 431. The summed E-state index contributed by atoms with van der Waals surface area (Å²) < 4.78 is 16.0. The monoisotopic (exact) mass is 184 g/mol. The van der Waals surface area contributed by atoms with E-state index in [9.17, 15) is 0 Å². The molecule has 1 aromatic rings. The molecule has 0 aromatic heterocycles. The zero-order valence-corrected chi connectivity index (χ0v) is 7.93. The lowest BCUT2D eigenvalue weighted by Gasteiger charge is -2.06. The Hall–Kier alpha value is -1.56. The van der Waals surface area contributed by atoms with Crippen LogP contribution in [0.25, 0.3) is 6.08 Å². The molecule has 0 nitrogen and oxygen atoms in total. The molecule has 0 saturated heterocycles. The highest BCUT2D eigenvalue weighted by Crippen LogP contribution is 2.14. The maximum Gasteiger partial charge on any atom is 0.0393 e. The van der Waals surface area contributed by atoms with Gasteiger partial charge in [-0.3, -0.25) is 0 Å². The van der Waals surface area contributed by atoms with Gasteiger partial charge in [-0.05, 0) is 17.9 Å². The summed E-state index contributed by atoms with van der Waals surface area (Å²) in [5.74, 6) is -0.940. The quantitative estimate of drug-likeness (QED) is 0.655. The molecule has 70 valence electrons. The van der Waals surface area contributed by atoms with Gasteiger partial charge in [0.25, 0.3) is 0 Å². The molecule has 0 radical (unpaired) electrons. The molecule has 2 atom stereocenters. The van der Waals surface area contributed by atoms with E-state index >= 15 is 0 Å². The van der Waals surface area contributed by atoms with E-state index < -0.39 is 12.3 Å². The first-order valence-corrected chi connectivity index (χ1v) is 4.73. The van der Waals surface area contributed by atoms with Crippen LogP contribution in [0.3, 0.4) is 0 Å². The third-order valence-electron chi connectivity index (χ3n) is 2.07. The molecule has 0 spiro atoms. The largest absolute Gasteiger partial charge is 0.0837 e. The van der Waals surface area contributed by atoms with Gasteiger partial charge < -0.3 is 0 Å². The number of hydrogen-bond donors (Lipinski definition) is 0. The Morgan fingerprint density at radius 3 is 2.93 bits per heavy atom. The van der Waals surface area contributed by atoms with Crippen LogP contribution in [0.4, 0.5) is 0 Å². The molecule has 14 heavy (non-hydrogen) atoms. The first kappa shape index (κ1) is 6.83. The fraction of sp³-hybridized carbons (Fsp3) is 0.143. The van der Waals surface area contributed by atoms with Crippen LogP contribution in [0.1, 0.15) is 14.7 Å². The van der Waals surface area contributed by atoms with Gasteiger partial charge in [0.1, 0.15) is 0 Å². The van der Waals surface area contributed by atoms with E-state index in [-0.39, 0.29) is 0 Å². The second kappa shape index (κ2) is 4.61. The van der Waals surface area contributed by atoms with Crippen molar-refractivity contribution in [3.8, 4) is 0 Å². The summed E-state index contributed by atoms with van der Waals surface area (Å²) in [5.41, 5.74) is 1.06. The Balaban J connectivity index is 2.18. The van der Waals surface area contributed by atoms with Crippen LogP contribution in [0.5, 0.6) is 0 Å². The van der Waals surface area contributed by atoms with E-state index in [1.165, 1.54) is 0 Å². The van der Waals surface area contributed by atoms with Crippen LogP contribution in [0, 0.1) is 5.89 Å². The maximum atomic E-state index is 8.16. The molecule has 0 amide bonds. The molecule has 0 aliphatic heterocycles. The predicted molar refractivity (Wildman–Crippen MR) is 61.9 cm³/mol. The Morgan fingerprint density at radius 1 is 1.29 bits per heavy atom. The van der Waals surface area contributed by atoms with E-state index in [1.807, 2.05) is 48.6 Å². The number of benzene rings is 1. The molecule has 0 fully saturated rings. The molecule has 2 rings (SSSR count). The number of rotatable bonds is 2. The molecule has 0 saturated carbocycles. The minimum atomic E-state index is -0.940. The topological polar surface area (TPSA) is 0 Å². The highest BCUT2D eigenvalue weighted by atomic mass is 14.0. The molecule has 1 aromatic carbocycles. The Morgan fingerprint density at radius 2 is 2.14 bits per heavy atom. The van der Waals surface area contributed by atoms with Crippen molar-refractivity contribution in [2.45, 2.75) is 6.40 Å². The van der Waals surface area contributed by atoms with Crippen LogP contribution in [0.15, 0.2) is 60.7 Å². The van der Waals surface area contributed by atoms with Crippen LogP contribution in [-0.4, -0.2) is 0 Å². The maximum absolute atomic E-state index is 8.16. The minimum Gasteiger partial charge on any atom is -0.0837 e. The van der Waals surface area contributed by atoms with Gasteiger partial charge in [-0.2, -0.15) is 0 Å². The van der Waals surface area contributed by atoms with Crippen molar-refractivity contribution in [2.75, 3.05) is 0 Å². The standard InChI is InChI=1S/C14H14/c1-3-7-13(8-4-1)11-12-14-9-5-2-6-10-14/h1-9,11-12,14H,10H2/i10D,14D. The lowest BCUT2D eigenvalue weighted by Crippen LogP contribution is -1.91. The lowest BCUT2D eigenvalue weighted by molar-refractivity contribution is 0.826. The van der Waals surface area contributed by atoms with Gasteiger partial charge in [-0.25, -0.2) is 0 Å². The third kappa shape index (κ3) is 2.46. The molecule has 0 N–H and O–H groups in total.